The Bertz CT molecular complexity index is 614. The molecule has 0 spiro atoms. The highest BCUT2D eigenvalue weighted by Gasteiger charge is 2.17. The number of H-pyrrole nitrogens is 1. The fourth-order valence-electron chi connectivity index (χ4n) is 2.22. The van der Waals surface area contributed by atoms with Crippen molar-refractivity contribution in [2.45, 2.75) is 0 Å². The Morgan fingerprint density at radius 2 is 2.17 bits per heavy atom. The Kier molecular flexibility index (Phi) is 3.23. The van der Waals surface area contributed by atoms with E-state index in [1.807, 2.05) is 6.07 Å². The molecule has 3 rings (SSSR count). The summed E-state index contributed by atoms with van der Waals surface area (Å²) in [6.45, 7) is 3.41. The van der Waals surface area contributed by atoms with Gasteiger partial charge in [-0.15, -0.1) is 11.3 Å². The van der Waals surface area contributed by atoms with E-state index in [-0.39, 0.29) is 0 Å². The molecular formula is C12H14N2O2S2. The Hall–Kier alpha value is -1.11. The topological polar surface area (TPSA) is 37.5 Å². The Morgan fingerprint density at radius 1 is 1.39 bits per heavy atom. The van der Waals surface area contributed by atoms with Gasteiger partial charge in [0, 0.05) is 13.1 Å². The second kappa shape index (κ2) is 4.87. The number of anilines is 1. The molecule has 4 nitrogen and oxygen atoms in total. The molecule has 96 valence electrons. The maximum absolute atomic E-state index is 5.39. The van der Waals surface area contributed by atoms with E-state index in [0.29, 0.717) is 0 Å². The second-order valence-corrected chi connectivity index (χ2v) is 5.79. The van der Waals surface area contributed by atoms with Crippen molar-refractivity contribution in [1.82, 2.24) is 4.98 Å². The van der Waals surface area contributed by atoms with Gasteiger partial charge in [0.15, 0.2) is 3.95 Å². The number of methoxy groups -OCH3 is 1. The van der Waals surface area contributed by atoms with E-state index in [1.54, 1.807) is 18.4 Å². The van der Waals surface area contributed by atoms with Gasteiger partial charge in [-0.25, -0.2) is 0 Å². The summed E-state index contributed by atoms with van der Waals surface area (Å²) in [5.74, 6) is 0.842. The first-order valence-electron chi connectivity index (χ1n) is 5.82. The fraction of sp³-hybridized carbons (Fsp3) is 0.417. The summed E-state index contributed by atoms with van der Waals surface area (Å²) in [6.07, 6.45) is 0. The molecule has 1 saturated heterocycles. The van der Waals surface area contributed by atoms with Crippen LogP contribution in [0.4, 0.5) is 5.69 Å². The number of thiazole rings is 1. The van der Waals surface area contributed by atoms with Crippen molar-refractivity contribution in [3.8, 4) is 5.75 Å². The van der Waals surface area contributed by atoms with Crippen molar-refractivity contribution in [3.63, 3.8) is 0 Å². The zero-order valence-electron chi connectivity index (χ0n) is 10.1. The monoisotopic (exact) mass is 282 g/mol. The second-order valence-electron chi connectivity index (χ2n) is 4.11. The number of fused-ring (bicyclic) bond motifs is 1. The molecule has 1 fully saturated rings. The first-order chi connectivity index (χ1) is 8.79. The van der Waals surface area contributed by atoms with E-state index in [9.17, 15) is 0 Å². The van der Waals surface area contributed by atoms with Crippen molar-refractivity contribution >= 4 is 39.5 Å². The predicted octanol–water partition coefficient (Wildman–Crippen LogP) is 2.80. The minimum absolute atomic E-state index is 0.781. The number of benzene rings is 1. The molecule has 1 aliphatic rings. The van der Waals surface area contributed by atoms with E-state index >= 15 is 0 Å². The van der Waals surface area contributed by atoms with Gasteiger partial charge in [0.25, 0.3) is 0 Å². The predicted molar refractivity (Wildman–Crippen MR) is 76.6 cm³/mol. The third kappa shape index (κ3) is 2.00. The lowest BCUT2D eigenvalue weighted by atomic mass is 10.2. The fourth-order valence-corrected chi connectivity index (χ4v) is 3.46. The molecule has 2 heterocycles. The van der Waals surface area contributed by atoms with E-state index < -0.39 is 0 Å². The minimum Gasteiger partial charge on any atom is -0.495 e. The smallest absolute Gasteiger partial charge is 0.159 e. The van der Waals surface area contributed by atoms with Crippen LogP contribution >= 0.6 is 23.6 Å². The summed E-state index contributed by atoms with van der Waals surface area (Å²) in [5, 5.41) is 0. The number of morpholine rings is 1. The molecule has 0 aliphatic carbocycles. The summed E-state index contributed by atoms with van der Waals surface area (Å²) in [5.41, 5.74) is 2.21. The molecular weight excluding hydrogens is 268 g/mol. The molecule has 0 radical (unpaired) electrons. The number of nitrogens with one attached hydrogen (secondary N) is 1. The van der Waals surface area contributed by atoms with Gasteiger partial charge in [0.1, 0.15) is 11.3 Å². The van der Waals surface area contributed by atoms with E-state index in [4.69, 9.17) is 21.7 Å². The van der Waals surface area contributed by atoms with Crippen LogP contribution in [0.2, 0.25) is 0 Å². The quantitative estimate of drug-likeness (QED) is 0.860. The van der Waals surface area contributed by atoms with Crippen LogP contribution in [0.5, 0.6) is 5.75 Å². The van der Waals surface area contributed by atoms with Crippen molar-refractivity contribution in [3.05, 3.63) is 16.1 Å². The highest BCUT2D eigenvalue weighted by molar-refractivity contribution is 7.73. The third-order valence-electron chi connectivity index (χ3n) is 3.09. The van der Waals surface area contributed by atoms with E-state index in [2.05, 4.69) is 16.0 Å². The zero-order chi connectivity index (χ0) is 12.5. The van der Waals surface area contributed by atoms with Crippen LogP contribution < -0.4 is 9.64 Å². The molecule has 0 saturated carbocycles. The van der Waals surface area contributed by atoms with Gasteiger partial charge in [-0.05, 0) is 24.4 Å². The van der Waals surface area contributed by atoms with Crippen LogP contribution in [0.1, 0.15) is 0 Å². The molecule has 1 N–H and O–H groups in total. The van der Waals surface area contributed by atoms with Gasteiger partial charge in [0.2, 0.25) is 0 Å². The maximum atomic E-state index is 5.39. The van der Waals surface area contributed by atoms with Crippen LogP contribution in [-0.2, 0) is 4.74 Å². The average Bonchev–Trinajstić information content (AvgIpc) is 2.80. The van der Waals surface area contributed by atoms with Gasteiger partial charge in [0.05, 0.1) is 30.7 Å². The Morgan fingerprint density at radius 3 is 2.89 bits per heavy atom. The SMILES string of the molecule is COc1ccc(N2CCOCC2)c2sc(=S)[nH]c12. The van der Waals surface area contributed by atoms with Crippen molar-refractivity contribution in [2.75, 3.05) is 38.3 Å². The summed E-state index contributed by atoms with van der Waals surface area (Å²) in [7, 11) is 1.68. The number of nitrogens with zero attached hydrogens (tertiary/aromatic N) is 1. The van der Waals surface area contributed by atoms with Crippen molar-refractivity contribution < 1.29 is 9.47 Å². The van der Waals surface area contributed by atoms with E-state index in [0.717, 1.165) is 41.5 Å². The van der Waals surface area contributed by atoms with Gasteiger partial charge in [-0.2, -0.15) is 0 Å². The number of hydrogen-bond acceptors (Lipinski definition) is 5. The van der Waals surface area contributed by atoms with Gasteiger partial charge < -0.3 is 19.4 Å². The zero-order valence-corrected chi connectivity index (χ0v) is 11.7. The molecule has 0 bridgehead atoms. The average molecular weight is 282 g/mol. The van der Waals surface area contributed by atoms with Crippen LogP contribution in [0, 0.1) is 3.95 Å². The molecule has 1 aromatic heterocycles. The lowest BCUT2D eigenvalue weighted by molar-refractivity contribution is 0.123. The normalized spacial score (nSPS) is 16.2. The molecule has 2 aromatic rings. The number of ether oxygens (including phenoxy) is 2. The molecule has 0 unspecified atom stereocenters. The lowest BCUT2D eigenvalue weighted by Gasteiger charge is -2.29. The molecule has 0 atom stereocenters. The standard InChI is InChI=1S/C12H14N2O2S2/c1-15-9-3-2-8(14-4-6-16-7-5-14)11-10(9)13-12(17)18-11/h2-3H,4-7H2,1H3,(H,13,17). The minimum atomic E-state index is 0.781. The van der Waals surface area contributed by atoms with Crippen molar-refractivity contribution in [1.29, 1.82) is 0 Å². The van der Waals surface area contributed by atoms with Crippen molar-refractivity contribution in [2.24, 2.45) is 0 Å². The van der Waals surface area contributed by atoms with Gasteiger partial charge in [-0.1, -0.05) is 0 Å². The van der Waals surface area contributed by atoms with E-state index in [1.165, 1.54) is 10.4 Å². The Balaban J connectivity index is 2.14. The first-order valence-corrected chi connectivity index (χ1v) is 7.04. The summed E-state index contributed by atoms with van der Waals surface area (Å²) in [6, 6.07) is 4.09. The summed E-state index contributed by atoms with van der Waals surface area (Å²) < 4.78 is 12.7. The summed E-state index contributed by atoms with van der Waals surface area (Å²) in [4.78, 5) is 5.55. The summed E-state index contributed by atoms with van der Waals surface area (Å²) >= 11 is 6.84. The third-order valence-corrected chi connectivity index (χ3v) is 4.35. The largest absolute Gasteiger partial charge is 0.495 e. The number of aromatic amines is 1. The molecule has 6 heteroatoms. The highest BCUT2D eigenvalue weighted by atomic mass is 32.1. The molecule has 1 aromatic carbocycles. The molecule has 1 aliphatic heterocycles. The Labute approximate surface area is 114 Å². The maximum Gasteiger partial charge on any atom is 0.159 e. The molecule has 18 heavy (non-hydrogen) atoms. The number of rotatable bonds is 2. The van der Waals surface area contributed by atoms with Crippen LogP contribution in [0.3, 0.4) is 0 Å². The van der Waals surface area contributed by atoms with Crippen LogP contribution in [0.25, 0.3) is 10.2 Å². The molecule has 0 amide bonds. The number of aromatic nitrogens is 1. The van der Waals surface area contributed by atoms with Gasteiger partial charge in [-0.3, -0.25) is 0 Å². The number of hydrogen-bond donors (Lipinski definition) is 1. The van der Waals surface area contributed by atoms with Crippen LogP contribution in [0.15, 0.2) is 12.1 Å². The highest BCUT2D eigenvalue weighted by Crippen LogP contribution is 2.36. The van der Waals surface area contributed by atoms with Gasteiger partial charge >= 0.3 is 0 Å². The van der Waals surface area contributed by atoms with Crippen LogP contribution in [-0.4, -0.2) is 38.4 Å². The lowest BCUT2D eigenvalue weighted by Crippen LogP contribution is -2.36. The first kappa shape index (κ1) is 12.0.